The van der Waals surface area contributed by atoms with Gasteiger partial charge in [-0.1, -0.05) is 13.3 Å². The van der Waals surface area contributed by atoms with Crippen molar-refractivity contribution in [2.24, 2.45) is 11.8 Å². The molecule has 0 aromatic rings. The molecule has 1 nitrogen and oxygen atoms in total. The molecule has 1 aliphatic rings. The van der Waals surface area contributed by atoms with Gasteiger partial charge < -0.3 is 5.32 Å². The number of alkyl halides is 3. The van der Waals surface area contributed by atoms with Crippen LogP contribution in [0.3, 0.4) is 0 Å². The smallest absolute Gasteiger partial charge is 0.308 e. The molecule has 1 fully saturated rings. The molecular formula is C9H16F3N. The van der Waals surface area contributed by atoms with E-state index in [1.165, 1.54) is 6.42 Å². The van der Waals surface area contributed by atoms with Crippen LogP contribution in [-0.2, 0) is 0 Å². The minimum atomic E-state index is -4.07. The Morgan fingerprint density at radius 1 is 1.31 bits per heavy atom. The molecule has 4 heteroatoms. The van der Waals surface area contributed by atoms with Gasteiger partial charge in [0.15, 0.2) is 0 Å². The van der Waals surface area contributed by atoms with Gasteiger partial charge in [0.2, 0.25) is 0 Å². The lowest BCUT2D eigenvalue weighted by atomic mass is 10.1. The van der Waals surface area contributed by atoms with E-state index in [4.69, 9.17) is 0 Å². The van der Waals surface area contributed by atoms with Crippen molar-refractivity contribution < 1.29 is 13.2 Å². The normalized spacial score (nSPS) is 29.5. The third-order valence-corrected chi connectivity index (χ3v) is 2.56. The van der Waals surface area contributed by atoms with Crippen LogP contribution in [0.4, 0.5) is 13.2 Å². The first kappa shape index (κ1) is 10.8. The predicted molar refractivity (Wildman–Crippen MR) is 45.4 cm³/mol. The van der Waals surface area contributed by atoms with Gasteiger partial charge in [-0.2, -0.15) is 13.2 Å². The van der Waals surface area contributed by atoms with E-state index < -0.39 is 12.7 Å². The molecule has 13 heavy (non-hydrogen) atoms. The van der Waals surface area contributed by atoms with E-state index in [0.717, 1.165) is 12.8 Å². The zero-order chi connectivity index (χ0) is 9.90. The quantitative estimate of drug-likeness (QED) is 0.729. The molecule has 2 unspecified atom stereocenters. The molecule has 1 aliphatic carbocycles. The van der Waals surface area contributed by atoms with Crippen LogP contribution >= 0.6 is 0 Å². The van der Waals surface area contributed by atoms with Crippen LogP contribution in [0.15, 0.2) is 0 Å². The van der Waals surface area contributed by atoms with E-state index in [1.54, 1.807) is 0 Å². The lowest BCUT2D eigenvalue weighted by Gasteiger charge is -2.12. The summed E-state index contributed by atoms with van der Waals surface area (Å²) in [6.45, 7) is 1.82. The summed E-state index contributed by atoms with van der Waals surface area (Å²) in [5.74, 6) is 1.15. The van der Waals surface area contributed by atoms with E-state index in [1.807, 2.05) is 0 Å². The summed E-state index contributed by atoms with van der Waals surface area (Å²) in [5.41, 5.74) is 0. The summed E-state index contributed by atoms with van der Waals surface area (Å²) < 4.78 is 35.2. The van der Waals surface area contributed by atoms with Crippen molar-refractivity contribution in [3.63, 3.8) is 0 Å². The highest BCUT2D eigenvalue weighted by Gasteiger charge is 2.27. The highest BCUT2D eigenvalue weighted by molar-refractivity contribution is 4.74. The molecule has 1 saturated carbocycles. The second kappa shape index (κ2) is 4.31. The highest BCUT2D eigenvalue weighted by Crippen LogP contribution is 2.29. The summed E-state index contributed by atoms with van der Waals surface area (Å²) in [6, 6.07) is 0. The average molecular weight is 195 g/mol. The maximum atomic E-state index is 11.7. The van der Waals surface area contributed by atoms with Gasteiger partial charge in [-0.3, -0.25) is 0 Å². The lowest BCUT2D eigenvalue weighted by Crippen LogP contribution is -2.32. The molecule has 0 spiro atoms. The molecule has 0 radical (unpaired) electrons. The van der Waals surface area contributed by atoms with Crippen LogP contribution in [0.1, 0.15) is 26.2 Å². The SMILES string of the molecule is CC1CCC(CNCC(F)(F)F)C1. The molecule has 78 valence electrons. The average Bonchev–Trinajstić information content (AvgIpc) is 2.33. The first-order valence-corrected chi connectivity index (χ1v) is 4.75. The Morgan fingerprint density at radius 3 is 2.46 bits per heavy atom. The maximum Gasteiger partial charge on any atom is 0.401 e. The zero-order valence-electron chi connectivity index (χ0n) is 7.82. The molecule has 1 rings (SSSR count). The van der Waals surface area contributed by atoms with Gasteiger partial charge in [-0.25, -0.2) is 0 Å². The maximum absolute atomic E-state index is 11.7. The first-order chi connectivity index (χ1) is 5.97. The Kier molecular flexibility index (Phi) is 3.59. The van der Waals surface area contributed by atoms with Crippen LogP contribution in [-0.4, -0.2) is 19.3 Å². The third-order valence-electron chi connectivity index (χ3n) is 2.56. The van der Waals surface area contributed by atoms with Gasteiger partial charge in [-0.15, -0.1) is 0 Å². The van der Waals surface area contributed by atoms with Gasteiger partial charge in [0.25, 0.3) is 0 Å². The Bertz CT molecular complexity index is 155. The van der Waals surface area contributed by atoms with Crippen molar-refractivity contribution in [1.29, 1.82) is 0 Å². The molecular weight excluding hydrogens is 179 g/mol. The highest BCUT2D eigenvalue weighted by atomic mass is 19.4. The fraction of sp³-hybridized carbons (Fsp3) is 1.00. The van der Waals surface area contributed by atoms with Crippen molar-refractivity contribution in [1.82, 2.24) is 5.32 Å². The summed E-state index contributed by atoms with van der Waals surface area (Å²) in [7, 11) is 0. The van der Waals surface area contributed by atoms with Crippen molar-refractivity contribution in [2.75, 3.05) is 13.1 Å². The molecule has 1 N–H and O–H groups in total. The molecule has 0 aromatic carbocycles. The topological polar surface area (TPSA) is 12.0 Å². The number of halogens is 3. The number of rotatable bonds is 3. The second-order valence-electron chi connectivity index (χ2n) is 4.03. The van der Waals surface area contributed by atoms with E-state index in [9.17, 15) is 13.2 Å². The van der Waals surface area contributed by atoms with Crippen LogP contribution in [0.25, 0.3) is 0 Å². The first-order valence-electron chi connectivity index (χ1n) is 4.75. The predicted octanol–water partition coefficient (Wildman–Crippen LogP) is 2.57. The van der Waals surface area contributed by atoms with Crippen molar-refractivity contribution in [2.45, 2.75) is 32.4 Å². The van der Waals surface area contributed by atoms with Gasteiger partial charge in [-0.05, 0) is 31.2 Å². The number of hydrogen-bond donors (Lipinski definition) is 1. The molecule has 2 atom stereocenters. The Balaban J connectivity index is 2.07. The van der Waals surface area contributed by atoms with Gasteiger partial charge in [0.1, 0.15) is 0 Å². The van der Waals surface area contributed by atoms with Crippen LogP contribution in [0.5, 0.6) is 0 Å². The molecule has 0 heterocycles. The zero-order valence-corrected chi connectivity index (χ0v) is 7.82. The third kappa shape index (κ3) is 4.50. The Labute approximate surface area is 76.7 Å². The van der Waals surface area contributed by atoms with E-state index in [0.29, 0.717) is 18.4 Å². The molecule has 0 saturated heterocycles. The van der Waals surface area contributed by atoms with E-state index >= 15 is 0 Å². The molecule has 0 amide bonds. The fourth-order valence-corrected chi connectivity index (χ4v) is 1.93. The molecule has 0 bridgehead atoms. The van der Waals surface area contributed by atoms with E-state index in [-0.39, 0.29) is 0 Å². The molecule has 0 aliphatic heterocycles. The van der Waals surface area contributed by atoms with Gasteiger partial charge in [0.05, 0.1) is 6.54 Å². The largest absolute Gasteiger partial charge is 0.401 e. The Morgan fingerprint density at radius 2 is 2.00 bits per heavy atom. The number of hydrogen-bond acceptors (Lipinski definition) is 1. The van der Waals surface area contributed by atoms with Crippen LogP contribution in [0, 0.1) is 11.8 Å². The Hall–Kier alpha value is -0.250. The van der Waals surface area contributed by atoms with Crippen molar-refractivity contribution in [3.8, 4) is 0 Å². The van der Waals surface area contributed by atoms with Crippen molar-refractivity contribution >= 4 is 0 Å². The summed E-state index contributed by atoms with van der Waals surface area (Å²) in [4.78, 5) is 0. The van der Waals surface area contributed by atoms with Crippen LogP contribution < -0.4 is 5.32 Å². The monoisotopic (exact) mass is 195 g/mol. The number of nitrogens with one attached hydrogen (secondary N) is 1. The minimum Gasteiger partial charge on any atom is -0.308 e. The fourth-order valence-electron chi connectivity index (χ4n) is 1.93. The van der Waals surface area contributed by atoms with Crippen molar-refractivity contribution in [3.05, 3.63) is 0 Å². The summed E-state index contributed by atoms with van der Waals surface area (Å²) in [6.07, 6.45) is -0.751. The second-order valence-corrected chi connectivity index (χ2v) is 4.03. The van der Waals surface area contributed by atoms with Gasteiger partial charge in [0, 0.05) is 0 Å². The van der Waals surface area contributed by atoms with Crippen LogP contribution in [0.2, 0.25) is 0 Å². The molecule has 0 aromatic heterocycles. The van der Waals surface area contributed by atoms with E-state index in [2.05, 4.69) is 12.2 Å². The summed E-state index contributed by atoms with van der Waals surface area (Å²) >= 11 is 0. The standard InChI is InChI=1S/C9H16F3N/c1-7-2-3-8(4-7)5-13-6-9(10,11)12/h7-8,13H,2-6H2,1H3. The minimum absolute atomic E-state index is 0.456. The lowest BCUT2D eigenvalue weighted by molar-refractivity contribution is -0.125. The van der Waals surface area contributed by atoms with Gasteiger partial charge >= 0.3 is 6.18 Å². The summed E-state index contributed by atoms with van der Waals surface area (Å²) in [5, 5.41) is 2.46.